The standard InChI is InChI=1S/C56H37N3OS/c1-4-14-38(15-5-1)41-20-10-23-44(32-41)46-28-30-53-51(36-46)59(52-37-47(29-31-54(52)60-53)45-24-11-21-42(33-45)39-16-6-2-7-17-39)50-27-13-26-49(35-50)56-57-55(58-61-56)48-25-12-22-43(34-48)40-18-8-3-9-19-40/h1-37H. The van der Waals surface area contributed by atoms with E-state index >= 15 is 0 Å². The first kappa shape index (κ1) is 36.2. The lowest BCUT2D eigenvalue weighted by Crippen LogP contribution is -2.16. The third-order valence-electron chi connectivity index (χ3n) is 11.2. The monoisotopic (exact) mass is 799 g/mol. The van der Waals surface area contributed by atoms with Crippen molar-refractivity contribution in [3.05, 3.63) is 224 Å². The molecule has 0 saturated carbocycles. The van der Waals surface area contributed by atoms with Crippen LogP contribution >= 0.6 is 11.5 Å². The highest BCUT2D eigenvalue weighted by Crippen LogP contribution is 2.53. The molecule has 0 amide bonds. The molecule has 0 aliphatic carbocycles. The van der Waals surface area contributed by atoms with Crippen molar-refractivity contribution in [1.82, 2.24) is 9.36 Å². The van der Waals surface area contributed by atoms with Crippen molar-refractivity contribution in [2.45, 2.75) is 0 Å². The van der Waals surface area contributed by atoms with Crippen molar-refractivity contribution in [2.24, 2.45) is 0 Å². The van der Waals surface area contributed by atoms with Gasteiger partial charge in [-0.25, -0.2) is 4.98 Å². The van der Waals surface area contributed by atoms with Gasteiger partial charge in [-0.1, -0.05) is 170 Å². The molecule has 5 heteroatoms. The van der Waals surface area contributed by atoms with Gasteiger partial charge in [-0.05, 0) is 122 Å². The molecule has 2 heterocycles. The second-order valence-corrected chi connectivity index (χ2v) is 15.9. The Labute approximate surface area is 359 Å². The van der Waals surface area contributed by atoms with Crippen molar-refractivity contribution in [3.8, 4) is 89.1 Å². The third-order valence-corrected chi connectivity index (χ3v) is 12.0. The summed E-state index contributed by atoms with van der Waals surface area (Å²) in [6, 6.07) is 79.0. The third kappa shape index (κ3) is 7.18. The number of aromatic nitrogens is 2. The van der Waals surface area contributed by atoms with E-state index in [0.29, 0.717) is 0 Å². The Bertz CT molecular complexity index is 3050. The van der Waals surface area contributed by atoms with Crippen molar-refractivity contribution >= 4 is 28.6 Å². The summed E-state index contributed by atoms with van der Waals surface area (Å²) in [5, 5.41) is 0.855. The first-order chi connectivity index (χ1) is 30.2. The Balaban J connectivity index is 1.01. The highest BCUT2D eigenvalue weighted by Gasteiger charge is 2.28. The number of ether oxygens (including phenoxy) is 1. The molecule has 0 N–H and O–H groups in total. The molecule has 1 aliphatic heterocycles. The van der Waals surface area contributed by atoms with Crippen LogP contribution in [0.15, 0.2) is 224 Å². The zero-order valence-electron chi connectivity index (χ0n) is 33.0. The molecule has 9 aromatic carbocycles. The summed E-state index contributed by atoms with van der Waals surface area (Å²) < 4.78 is 11.6. The van der Waals surface area contributed by atoms with Crippen LogP contribution in [0.25, 0.3) is 77.6 Å². The molecule has 10 aromatic rings. The minimum atomic E-state index is 0.718. The lowest BCUT2D eigenvalue weighted by atomic mass is 9.97. The lowest BCUT2D eigenvalue weighted by molar-refractivity contribution is 0.477. The molecule has 1 aromatic heterocycles. The molecule has 0 saturated heterocycles. The van der Waals surface area contributed by atoms with Gasteiger partial charge in [0.1, 0.15) is 5.01 Å². The Morgan fingerprint density at radius 3 is 1.23 bits per heavy atom. The van der Waals surface area contributed by atoms with Crippen LogP contribution in [0, 0.1) is 0 Å². The van der Waals surface area contributed by atoms with E-state index < -0.39 is 0 Å². The second-order valence-electron chi connectivity index (χ2n) is 15.1. The SMILES string of the molecule is c1ccc(-c2cccc(-c3ccc4c(c3)N(c3cccc(-c5nc(-c6cccc(-c7ccccc7)c6)ns5)c3)c3cc(-c5cccc(-c6ccccc6)c5)ccc3O4)c2)cc1. The van der Waals surface area contributed by atoms with Crippen LogP contribution in [0.5, 0.6) is 11.5 Å². The molecule has 1 aliphatic rings. The van der Waals surface area contributed by atoms with E-state index in [0.717, 1.165) is 83.9 Å². The second kappa shape index (κ2) is 15.7. The average molecular weight is 800 g/mol. The fourth-order valence-corrected chi connectivity index (χ4v) is 8.84. The summed E-state index contributed by atoms with van der Waals surface area (Å²) in [5.74, 6) is 2.29. The molecular weight excluding hydrogens is 763 g/mol. The van der Waals surface area contributed by atoms with Gasteiger partial charge in [0, 0.05) is 16.8 Å². The van der Waals surface area contributed by atoms with E-state index in [4.69, 9.17) is 14.1 Å². The maximum atomic E-state index is 6.74. The van der Waals surface area contributed by atoms with Crippen LogP contribution in [-0.4, -0.2) is 9.36 Å². The van der Waals surface area contributed by atoms with E-state index in [-0.39, 0.29) is 0 Å². The zero-order valence-corrected chi connectivity index (χ0v) is 33.8. The van der Waals surface area contributed by atoms with E-state index in [1.807, 2.05) is 6.07 Å². The molecule has 11 rings (SSSR count). The zero-order chi connectivity index (χ0) is 40.5. The number of rotatable bonds is 8. The predicted octanol–water partition coefficient (Wildman–Crippen LogP) is 15.8. The highest BCUT2D eigenvalue weighted by atomic mass is 32.1. The maximum absolute atomic E-state index is 6.74. The number of hydrogen-bond acceptors (Lipinski definition) is 5. The van der Waals surface area contributed by atoms with Gasteiger partial charge in [0.05, 0.1) is 11.4 Å². The number of fused-ring (bicyclic) bond motifs is 2. The van der Waals surface area contributed by atoms with Gasteiger partial charge in [0.2, 0.25) is 0 Å². The molecule has 0 unspecified atom stereocenters. The number of benzene rings is 9. The quantitative estimate of drug-likeness (QED) is 0.153. The van der Waals surface area contributed by atoms with Crippen LogP contribution in [0.2, 0.25) is 0 Å². The Hall–Kier alpha value is -7.86. The van der Waals surface area contributed by atoms with Gasteiger partial charge in [-0.3, -0.25) is 0 Å². The van der Waals surface area contributed by atoms with E-state index in [9.17, 15) is 0 Å². The largest absolute Gasteiger partial charge is 0.453 e. The summed E-state index contributed by atoms with van der Waals surface area (Å²) in [7, 11) is 0. The predicted molar refractivity (Wildman–Crippen MR) is 253 cm³/mol. The lowest BCUT2D eigenvalue weighted by Gasteiger charge is -2.34. The summed E-state index contributed by atoms with van der Waals surface area (Å²) in [6.07, 6.45) is 0. The van der Waals surface area contributed by atoms with E-state index in [1.165, 1.54) is 33.8 Å². The first-order valence-electron chi connectivity index (χ1n) is 20.4. The van der Waals surface area contributed by atoms with Crippen molar-refractivity contribution in [3.63, 3.8) is 0 Å². The molecular formula is C56H37N3OS. The van der Waals surface area contributed by atoms with Gasteiger partial charge in [0.25, 0.3) is 0 Å². The Morgan fingerprint density at radius 2 is 0.721 bits per heavy atom. The van der Waals surface area contributed by atoms with Gasteiger partial charge < -0.3 is 9.64 Å². The fourth-order valence-electron chi connectivity index (χ4n) is 8.16. The number of hydrogen-bond donors (Lipinski definition) is 0. The number of nitrogens with zero attached hydrogens (tertiary/aromatic N) is 3. The van der Waals surface area contributed by atoms with Crippen molar-refractivity contribution in [2.75, 3.05) is 4.90 Å². The Kier molecular flexibility index (Phi) is 9.34. The fraction of sp³-hybridized carbons (Fsp3) is 0. The van der Waals surface area contributed by atoms with E-state index in [1.54, 1.807) is 0 Å². The van der Waals surface area contributed by atoms with Crippen LogP contribution in [0.4, 0.5) is 17.1 Å². The summed E-state index contributed by atoms with van der Waals surface area (Å²) in [6.45, 7) is 0. The van der Waals surface area contributed by atoms with Crippen LogP contribution in [0.3, 0.4) is 0 Å². The molecule has 0 radical (unpaired) electrons. The highest BCUT2D eigenvalue weighted by molar-refractivity contribution is 7.09. The molecule has 0 fully saturated rings. The van der Waals surface area contributed by atoms with Crippen molar-refractivity contribution < 1.29 is 4.74 Å². The Morgan fingerprint density at radius 1 is 0.328 bits per heavy atom. The minimum Gasteiger partial charge on any atom is -0.453 e. The maximum Gasteiger partial charge on any atom is 0.173 e. The van der Waals surface area contributed by atoms with Crippen molar-refractivity contribution in [1.29, 1.82) is 0 Å². The smallest absolute Gasteiger partial charge is 0.173 e. The van der Waals surface area contributed by atoms with Gasteiger partial charge >= 0.3 is 0 Å². The summed E-state index contributed by atoms with van der Waals surface area (Å²) in [5.41, 5.74) is 16.4. The molecule has 288 valence electrons. The molecule has 0 atom stereocenters. The average Bonchev–Trinajstić information content (AvgIpc) is 3.85. The topological polar surface area (TPSA) is 38.2 Å². The molecule has 0 bridgehead atoms. The first-order valence-corrected chi connectivity index (χ1v) is 21.2. The summed E-state index contributed by atoms with van der Waals surface area (Å²) >= 11 is 1.42. The normalized spacial score (nSPS) is 11.7. The summed E-state index contributed by atoms with van der Waals surface area (Å²) in [4.78, 5) is 7.43. The minimum absolute atomic E-state index is 0.718. The number of anilines is 3. The molecule has 4 nitrogen and oxygen atoms in total. The molecule has 0 spiro atoms. The molecule has 61 heavy (non-hydrogen) atoms. The van der Waals surface area contributed by atoms with Crippen LogP contribution in [0.1, 0.15) is 0 Å². The van der Waals surface area contributed by atoms with Crippen LogP contribution < -0.4 is 9.64 Å². The van der Waals surface area contributed by atoms with Gasteiger partial charge in [0.15, 0.2) is 17.3 Å². The van der Waals surface area contributed by atoms with Crippen LogP contribution in [-0.2, 0) is 0 Å². The van der Waals surface area contributed by atoms with E-state index in [2.05, 4.69) is 223 Å². The van der Waals surface area contributed by atoms with Gasteiger partial charge in [-0.2, -0.15) is 4.37 Å². The van der Waals surface area contributed by atoms with Gasteiger partial charge in [-0.15, -0.1) is 0 Å².